The number of hydrogen-bond acceptors (Lipinski definition) is 4. The summed E-state index contributed by atoms with van der Waals surface area (Å²) in [6.45, 7) is 5.39. The molecule has 8 heteroatoms. The van der Waals surface area contributed by atoms with Crippen molar-refractivity contribution in [2.75, 3.05) is 19.6 Å². The van der Waals surface area contributed by atoms with Crippen molar-refractivity contribution in [3.8, 4) is 0 Å². The number of carboxylic acids is 1. The molecule has 0 saturated carbocycles. The molecule has 0 radical (unpaired) electrons. The van der Waals surface area contributed by atoms with E-state index >= 15 is 0 Å². The van der Waals surface area contributed by atoms with E-state index in [9.17, 15) is 23.1 Å². The number of carboxylic acid groups (broad SMARTS) is 1. The third-order valence-electron chi connectivity index (χ3n) is 5.35. The molecule has 2 saturated heterocycles. The number of sulfonamides is 1. The van der Waals surface area contributed by atoms with Crippen LogP contribution in [-0.4, -0.2) is 60.3 Å². The number of hydrogen-bond donors (Lipinski definition) is 1. The molecule has 2 fully saturated rings. The van der Waals surface area contributed by atoms with Gasteiger partial charge in [0.2, 0.25) is 10.0 Å². The number of benzene rings is 1. The minimum Gasteiger partial charge on any atom is -0.480 e. The number of piperidine rings is 1. The summed E-state index contributed by atoms with van der Waals surface area (Å²) in [5.41, 5.74) is 0.210. The molecule has 3 rings (SSSR count). The molecule has 2 aliphatic heterocycles. The zero-order valence-electron chi connectivity index (χ0n) is 15.7. The van der Waals surface area contributed by atoms with E-state index in [0.29, 0.717) is 32.5 Å². The van der Waals surface area contributed by atoms with E-state index in [4.69, 9.17) is 0 Å². The SMILES string of the molecule is CC1CC(C)CN(S(=O)(=O)c2cccc(C(=O)N3CCC[C@@H]3C(=O)O)c2)C1. The molecule has 0 spiro atoms. The van der Waals surface area contributed by atoms with Crippen LogP contribution < -0.4 is 0 Å². The Hall–Kier alpha value is -1.93. The lowest BCUT2D eigenvalue weighted by molar-refractivity contribution is -0.141. The zero-order chi connectivity index (χ0) is 19.8. The first-order chi connectivity index (χ1) is 12.7. The smallest absolute Gasteiger partial charge is 0.326 e. The topological polar surface area (TPSA) is 95.0 Å². The van der Waals surface area contributed by atoms with Crippen LogP contribution in [0.5, 0.6) is 0 Å². The lowest BCUT2D eigenvalue weighted by atomic mass is 9.94. The molecule has 2 heterocycles. The molecule has 7 nitrogen and oxygen atoms in total. The normalized spacial score (nSPS) is 26.9. The summed E-state index contributed by atoms with van der Waals surface area (Å²) in [7, 11) is -3.69. The quantitative estimate of drug-likeness (QED) is 0.843. The van der Waals surface area contributed by atoms with Crippen molar-refractivity contribution >= 4 is 21.9 Å². The first-order valence-corrected chi connectivity index (χ1v) is 10.8. The Bertz CT molecular complexity index is 828. The molecule has 2 aliphatic rings. The Balaban J connectivity index is 1.87. The van der Waals surface area contributed by atoms with Crippen LogP contribution in [0.1, 0.15) is 43.5 Å². The van der Waals surface area contributed by atoms with E-state index in [1.54, 1.807) is 12.1 Å². The van der Waals surface area contributed by atoms with Gasteiger partial charge < -0.3 is 10.0 Å². The highest BCUT2D eigenvalue weighted by Gasteiger charge is 2.36. The van der Waals surface area contributed by atoms with Crippen LogP contribution >= 0.6 is 0 Å². The number of nitrogens with zero attached hydrogens (tertiary/aromatic N) is 2. The Kier molecular flexibility index (Phi) is 5.58. The van der Waals surface area contributed by atoms with Gasteiger partial charge in [-0.15, -0.1) is 0 Å². The van der Waals surface area contributed by atoms with Gasteiger partial charge in [-0.05, 0) is 49.3 Å². The number of likely N-dealkylation sites (tertiary alicyclic amines) is 1. The summed E-state index contributed by atoms with van der Waals surface area (Å²) in [5.74, 6) is -0.887. The fourth-order valence-corrected chi connectivity index (χ4v) is 5.90. The molecule has 3 atom stereocenters. The summed E-state index contributed by atoms with van der Waals surface area (Å²) in [5, 5.41) is 9.29. The van der Waals surface area contributed by atoms with Crippen LogP contribution in [-0.2, 0) is 14.8 Å². The highest BCUT2D eigenvalue weighted by atomic mass is 32.2. The molecule has 1 aromatic carbocycles. The van der Waals surface area contributed by atoms with Gasteiger partial charge in [0.1, 0.15) is 6.04 Å². The second kappa shape index (κ2) is 7.59. The molecule has 0 aliphatic carbocycles. The summed E-state index contributed by atoms with van der Waals surface area (Å²) in [4.78, 5) is 25.5. The van der Waals surface area contributed by atoms with Crippen LogP contribution in [0.15, 0.2) is 29.2 Å². The molecular weight excluding hydrogens is 368 g/mol. The van der Waals surface area contributed by atoms with Crippen LogP contribution in [0.2, 0.25) is 0 Å². The fourth-order valence-electron chi connectivity index (χ4n) is 4.17. The van der Waals surface area contributed by atoms with E-state index in [1.165, 1.54) is 21.3 Å². The van der Waals surface area contributed by atoms with Gasteiger partial charge in [0, 0.05) is 25.2 Å². The van der Waals surface area contributed by atoms with Gasteiger partial charge in [0.15, 0.2) is 0 Å². The van der Waals surface area contributed by atoms with Gasteiger partial charge in [0.05, 0.1) is 4.90 Å². The van der Waals surface area contributed by atoms with Crippen molar-refractivity contribution in [1.82, 2.24) is 9.21 Å². The van der Waals surface area contributed by atoms with Crippen molar-refractivity contribution in [1.29, 1.82) is 0 Å². The number of carbonyl (C=O) groups excluding carboxylic acids is 1. The van der Waals surface area contributed by atoms with Gasteiger partial charge in [0.25, 0.3) is 5.91 Å². The van der Waals surface area contributed by atoms with Gasteiger partial charge in [-0.1, -0.05) is 19.9 Å². The summed E-state index contributed by atoms with van der Waals surface area (Å²) < 4.78 is 27.6. The van der Waals surface area contributed by atoms with Crippen molar-refractivity contribution in [3.63, 3.8) is 0 Å². The average molecular weight is 394 g/mol. The summed E-state index contributed by atoms with van der Waals surface area (Å²) in [6.07, 6.45) is 2.04. The number of rotatable bonds is 4. The molecule has 0 bridgehead atoms. The number of aliphatic carboxylic acids is 1. The predicted molar refractivity (Wildman–Crippen MR) is 99.8 cm³/mol. The second-order valence-electron chi connectivity index (χ2n) is 7.79. The van der Waals surface area contributed by atoms with Crippen molar-refractivity contribution in [3.05, 3.63) is 29.8 Å². The second-order valence-corrected chi connectivity index (χ2v) is 9.73. The molecular formula is C19H26N2O5S. The van der Waals surface area contributed by atoms with Gasteiger partial charge in [-0.2, -0.15) is 4.31 Å². The molecule has 0 aromatic heterocycles. The highest BCUT2D eigenvalue weighted by molar-refractivity contribution is 7.89. The first kappa shape index (κ1) is 19.8. The minimum absolute atomic E-state index is 0.0840. The maximum absolute atomic E-state index is 13.1. The van der Waals surface area contributed by atoms with Gasteiger partial charge >= 0.3 is 5.97 Å². The number of carbonyl (C=O) groups is 2. The Labute approximate surface area is 160 Å². The molecule has 148 valence electrons. The molecule has 2 unspecified atom stereocenters. The lowest BCUT2D eigenvalue weighted by Gasteiger charge is -2.34. The third kappa shape index (κ3) is 4.01. The van der Waals surface area contributed by atoms with Crippen molar-refractivity contribution in [2.24, 2.45) is 11.8 Å². The Morgan fingerprint density at radius 1 is 1.15 bits per heavy atom. The van der Waals surface area contributed by atoms with Gasteiger partial charge in [-0.25, -0.2) is 13.2 Å². The Morgan fingerprint density at radius 2 is 1.81 bits per heavy atom. The van der Waals surface area contributed by atoms with E-state index in [2.05, 4.69) is 0 Å². The lowest BCUT2D eigenvalue weighted by Crippen LogP contribution is -2.42. The molecule has 1 amide bonds. The fraction of sp³-hybridized carbons (Fsp3) is 0.579. The molecule has 1 N–H and O–H groups in total. The maximum atomic E-state index is 13.1. The average Bonchev–Trinajstić information content (AvgIpc) is 3.10. The van der Waals surface area contributed by atoms with Crippen LogP contribution in [0, 0.1) is 11.8 Å². The maximum Gasteiger partial charge on any atom is 0.326 e. The highest BCUT2D eigenvalue weighted by Crippen LogP contribution is 2.28. The monoisotopic (exact) mass is 394 g/mol. The molecule has 27 heavy (non-hydrogen) atoms. The first-order valence-electron chi connectivity index (χ1n) is 9.34. The zero-order valence-corrected chi connectivity index (χ0v) is 16.5. The summed E-state index contributed by atoms with van der Waals surface area (Å²) >= 11 is 0. The third-order valence-corrected chi connectivity index (χ3v) is 7.18. The largest absolute Gasteiger partial charge is 0.480 e. The van der Waals surface area contributed by atoms with E-state index < -0.39 is 27.9 Å². The van der Waals surface area contributed by atoms with Gasteiger partial charge in [-0.3, -0.25) is 4.79 Å². The Morgan fingerprint density at radius 3 is 2.44 bits per heavy atom. The van der Waals surface area contributed by atoms with Crippen molar-refractivity contribution < 1.29 is 23.1 Å². The van der Waals surface area contributed by atoms with Crippen molar-refractivity contribution in [2.45, 2.75) is 44.0 Å². The van der Waals surface area contributed by atoms with Crippen LogP contribution in [0.3, 0.4) is 0 Å². The molecule has 1 aromatic rings. The number of amides is 1. The van der Waals surface area contributed by atoms with Crippen LogP contribution in [0.25, 0.3) is 0 Å². The van der Waals surface area contributed by atoms with E-state index in [-0.39, 0.29) is 22.3 Å². The minimum atomic E-state index is -3.69. The van der Waals surface area contributed by atoms with E-state index in [0.717, 1.165) is 6.42 Å². The van der Waals surface area contributed by atoms with Crippen LogP contribution in [0.4, 0.5) is 0 Å². The standard InChI is InChI=1S/C19H26N2O5S/c1-13-9-14(2)12-20(11-13)27(25,26)16-6-3-5-15(10-16)18(22)21-8-4-7-17(21)19(23)24/h3,5-6,10,13-14,17H,4,7-9,11-12H2,1-2H3,(H,23,24)/t13?,14?,17-/m1/s1. The van der Waals surface area contributed by atoms with E-state index in [1.807, 2.05) is 13.8 Å². The predicted octanol–water partition coefficient (Wildman–Crippen LogP) is 2.04. The summed E-state index contributed by atoms with van der Waals surface area (Å²) in [6, 6.07) is 5.11.